The molecule has 1 aromatic rings. The standard InChI is InChI=1S/C19H28N2O6S2/c1-2-27-19(22)15-6-5-13-21(14-15)29(25,26)18-11-9-17(10-12-18)28(23,24)20-16-7-3-4-8-16/h9-12,15-16,20H,2-8,13-14H2,1H3/t15-/m0/s1. The molecule has 0 aromatic heterocycles. The van der Waals surface area contributed by atoms with E-state index in [2.05, 4.69) is 4.72 Å². The number of sulfonamides is 2. The van der Waals surface area contributed by atoms with Crippen molar-refractivity contribution < 1.29 is 26.4 Å². The van der Waals surface area contributed by atoms with E-state index in [0.717, 1.165) is 25.7 Å². The lowest BCUT2D eigenvalue weighted by molar-refractivity contribution is -0.149. The minimum absolute atomic E-state index is 0.0156. The van der Waals surface area contributed by atoms with Crippen LogP contribution in [0.15, 0.2) is 34.1 Å². The highest BCUT2D eigenvalue weighted by Crippen LogP contribution is 2.26. The van der Waals surface area contributed by atoms with Gasteiger partial charge in [-0.25, -0.2) is 21.6 Å². The van der Waals surface area contributed by atoms with E-state index in [9.17, 15) is 21.6 Å². The summed E-state index contributed by atoms with van der Waals surface area (Å²) >= 11 is 0. The number of nitrogens with one attached hydrogen (secondary N) is 1. The third kappa shape index (κ3) is 5.17. The number of rotatable bonds is 7. The van der Waals surface area contributed by atoms with Crippen molar-refractivity contribution in [2.45, 2.75) is 61.3 Å². The van der Waals surface area contributed by atoms with E-state index in [1.165, 1.54) is 28.6 Å². The van der Waals surface area contributed by atoms with E-state index in [0.29, 0.717) is 19.4 Å². The molecule has 1 atom stereocenters. The summed E-state index contributed by atoms with van der Waals surface area (Å²) in [5.41, 5.74) is 0. The second-order valence-corrected chi connectivity index (χ2v) is 11.2. The van der Waals surface area contributed by atoms with Crippen molar-refractivity contribution in [3.8, 4) is 0 Å². The Balaban J connectivity index is 1.73. The van der Waals surface area contributed by atoms with E-state index >= 15 is 0 Å². The van der Waals surface area contributed by atoms with Gasteiger partial charge in [0.1, 0.15) is 0 Å². The molecule has 0 unspecified atom stereocenters. The Labute approximate surface area is 172 Å². The van der Waals surface area contributed by atoms with Crippen LogP contribution in [0.1, 0.15) is 45.4 Å². The number of esters is 1. The molecule has 8 nitrogen and oxygen atoms in total. The first-order valence-electron chi connectivity index (χ1n) is 10.0. The number of carbonyl (C=O) groups is 1. The van der Waals surface area contributed by atoms with Crippen molar-refractivity contribution in [3.63, 3.8) is 0 Å². The van der Waals surface area contributed by atoms with E-state index in [4.69, 9.17) is 4.74 Å². The van der Waals surface area contributed by atoms with Gasteiger partial charge in [-0.1, -0.05) is 12.8 Å². The smallest absolute Gasteiger partial charge is 0.310 e. The van der Waals surface area contributed by atoms with E-state index < -0.39 is 26.0 Å². The maximum atomic E-state index is 13.0. The molecule has 1 N–H and O–H groups in total. The predicted molar refractivity (Wildman–Crippen MR) is 107 cm³/mol. The largest absolute Gasteiger partial charge is 0.466 e. The van der Waals surface area contributed by atoms with E-state index in [1.807, 2.05) is 0 Å². The van der Waals surface area contributed by atoms with Gasteiger partial charge >= 0.3 is 5.97 Å². The number of hydrogen-bond donors (Lipinski definition) is 1. The summed E-state index contributed by atoms with van der Waals surface area (Å²) in [6.07, 6.45) is 4.82. The average molecular weight is 445 g/mol. The van der Waals surface area contributed by atoms with Crippen molar-refractivity contribution in [2.24, 2.45) is 5.92 Å². The van der Waals surface area contributed by atoms with Crippen LogP contribution in [0.25, 0.3) is 0 Å². The lowest BCUT2D eigenvalue weighted by Gasteiger charge is -2.30. The summed E-state index contributed by atoms with van der Waals surface area (Å²) in [5.74, 6) is -0.861. The van der Waals surface area contributed by atoms with Crippen LogP contribution in [0.3, 0.4) is 0 Å². The van der Waals surface area contributed by atoms with Crippen LogP contribution in [0, 0.1) is 5.92 Å². The Morgan fingerprint density at radius 2 is 1.66 bits per heavy atom. The highest BCUT2D eigenvalue weighted by Gasteiger charge is 2.34. The fraction of sp³-hybridized carbons (Fsp3) is 0.632. The number of piperidine rings is 1. The van der Waals surface area contributed by atoms with Gasteiger partial charge in [0.2, 0.25) is 20.0 Å². The van der Waals surface area contributed by atoms with Crippen molar-refractivity contribution in [1.29, 1.82) is 0 Å². The van der Waals surface area contributed by atoms with Gasteiger partial charge < -0.3 is 4.74 Å². The molecule has 1 saturated heterocycles. The lowest BCUT2D eigenvalue weighted by atomic mass is 10.0. The molecule has 1 heterocycles. The fourth-order valence-corrected chi connectivity index (χ4v) is 6.71. The monoisotopic (exact) mass is 444 g/mol. The average Bonchev–Trinajstić information content (AvgIpc) is 3.20. The van der Waals surface area contributed by atoms with Crippen LogP contribution >= 0.6 is 0 Å². The molecule has 29 heavy (non-hydrogen) atoms. The van der Waals surface area contributed by atoms with Crippen molar-refractivity contribution in [3.05, 3.63) is 24.3 Å². The zero-order valence-corrected chi connectivity index (χ0v) is 18.2. The minimum atomic E-state index is -3.82. The molecule has 162 valence electrons. The molecule has 0 radical (unpaired) electrons. The maximum Gasteiger partial charge on any atom is 0.310 e. The number of ether oxygens (including phenoxy) is 1. The number of carbonyl (C=O) groups excluding carboxylic acids is 1. The first-order chi connectivity index (χ1) is 13.7. The normalized spacial score (nSPS) is 21.9. The first kappa shape index (κ1) is 22.2. The predicted octanol–water partition coefficient (Wildman–Crippen LogP) is 1.87. The van der Waals surface area contributed by atoms with Gasteiger partial charge in [0.25, 0.3) is 0 Å². The van der Waals surface area contributed by atoms with E-state index in [-0.39, 0.29) is 35.0 Å². The number of nitrogens with zero attached hydrogens (tertiary/aromatic N) is 1. The maximum absolute atomic E-state index is 13.0. The third-order valence-electron chi connectivity index (χ3n) is 5.45. The molecule has 10 heteroatoms. The zero-order valence-electron chi connectivity index (χ0n) is 16.5. The zero-order chi connectivity index (χ0) is 21.1. The highest BCUT2D eigenvalue weighted by atomic mass is 32.2. The molecular formula is C19H28N2O6S2. The molecular weight excluding hydrogens is 416 g/mol. The van der Waals surface area contributed by atoms with Gasteiger partial charge in [0.05, 0.1) is 22.3 Å². The third-order valence-corrected chi connectivity index (χ3v) is 8.87. The Morgan fingerprint density at radius 3 is 2.28 bits per heavy atom. The molecule has 1 aliphatic heterocycles. The van der Waals surface area contributed by atoms with Crippen molar-refractivity contribution >= 4 is 26.0 Å². The number of benzene rings is 1. The van der Waals surface area contributed by atoms with Crippen LogP contribution in [-0.4, -0.2) is 52.8 Å². The Morgan fingerprint density at radius 1 is 1.03 bits per heavy atom. The summed E-state index contributed by atoms with van der Waals surface area (Å²) in [6.45, 7) is 2.37. The molecule has 0 spiro atoms. The molecule has 2 fully saturated rings. The first-order valence-corrected chi connectivity index (χ1v) is 13.0. The number of hydrogen-bond acceptors (Lipinski definition) is 6. The van der Waals surface area contributed by atoms with Crippen molar-refractivity contribution in [1.82, 2.24) is 9.03 Å². The lowest BCUT2D eigenvalue weighted by Crippen LogP contribution is -2.42. The minimum Gasteiger partial charge on any atom is -0.466 e. The Bertz CT molecular complexity index is 922. The molecule has 0 amide bonds. The van der Waals surface area contributed by atoms with Gasteiger partial charge in [-0.3, -0.25) is 4.79 Å². The molecule has 3 rings (SSSR count). The van der Waals surface area contributed by atoms with E-state index in [1.54, 1.807) is 6.92 Å². The van der Waals surface area contributed by atoms with Gasteiger partial charge in [-0.15, -0.1) is 0 Å². The van der Waals surface area contributed by atoms with Crippen LogP contribution in [0.5, 0.6) is 0 Å². The van der Waals surface area contributed by atoms with Gasteiger partial charge in [0, 0.05) is 19.1 Å². The molecule has 1 aromatic carbocycles. The summed E-state index contributed by atoms with van der Waals surface area (Å²) in [7, 11) is -7.49. The van der Waals surface area contributed by atoms with Crippen LogP contribution < -0.4 is 4.72 Å². The highest BCUT2D eigenvalue weighted by molar-refractivity contribution is 7.89. The summed E-state index contributed by atoms with van der Waals surface area (Å²) in [5, 5.41) is 0. The van der Waals surface area contributed by atoms with Gasteiger partial charge in [-0.05, 0) is 56.9 Å². The summed E-state index contributed by atoms with van der Waals surface area (Å²) < 4.78 is 59.9. The topological polar surface area (TPSA) is 110 Å². The van der Waals surface area contributed by atoms with Crippen molar-refractivity contribution in [2.75, 3.05) is 19.7 Å². The quantitative estimate of drug-likeness (QED) is 0.643. The molecule has 2 aliphatic rings. The fourth-order valence-electron chi connectivity index (χ4n) is 3.88. The van der Waals surface area contributed by atoms with Crippen LogP contribution in [0.4, 0.5) is 0 Å². The SMILES string of the molecule is CCOC(=O)[C@H]1CCCN(S(=O)(=O)c2ccc(S(=O)(=O)NC3CCCC3)cc2)C1. The Hall–Kier alpha value is -1.49. The Kier molecular flexibility index (Phi) is 6.98. The molecule has 1 aliphatic carbocycles. The summed E-state index contributed by atoms with van der Waals surface area (Å²) in [4.78, 5) is 12.0. The van der Waals surface area contributed by atoms with Crippen LogP contribution in [-0.2, 0) is 29.6 Å². The molecule has 0 bridgehead atoms. The second-order valence-electron chi connectivity index (χ2n) is 7.53. The van der Waals surface area contributed by atoms with Gasteiger partial charge in [0.15, 0.2) is 0 Å². The summed E-state index contributed by atoms with van der Waals surface area (Å²) in [6, 6.07) is 5.20. The van der Waals surface area contributed by atoms with Crippen LogP contribution in [0.2, 0.25) is 0 Å². The molecule has 1 saturated carbocycles. The van der Waals surface area contributed by atoms with Gasteiger partial charge in [-0.2, -0.15) is 4.31 Å². The second kappa shape index (κ2) is 9.11.